The molecule has 0 rings (SSSR count). The van der Waals surface area contributed by atoms with Crippen LogP contribution in [0.3, 0.4) is 0 Å². The van der Waals surface area contributed by atoms with Crippen LogP contribution in [-0.4, -0.2) is 37.2 Å². The quantitative estimate of drug-likeness (QED) is 0.0262. The van der Waals surface area contributed by atoms with Crippen molar-refractivity contribution in [3.63, 3.8) is 0 Å². The van der Waals surface area contributed by atoms with E-state index >= 15 is 0 Å². The van der Waals surface area contributed by atoms with Gasteiger partial charge >= 0.3 is 17.9 Å². The zero-order valence-electron chi connectivity index (χ0n) is 45.6. The molecule has 0 aliphatic heterocycles. The Bertz CT molecular complexity index is 1140. The highest BCUT2D eigenvalue weighted by Gasteiger charge is 2.19. The van der Waals surface area contributed by atoms with Gasteiger partial charge in [-0.15, -0.1) is 0 Å². The lowest BCUT2D eigenvalue weighted by Gasteiger charge is -2.18. The molecule has 0 aliphatic carbocycles. The maximum atomic E-state index is 12.9. The Hall–Kier alpha value is -2.37. The standard InChI is InChI=1S/C62H114O6/c1-4-7-10-13-16-19-22-25-27-29-31-33-34-37-40-43-46-49-52-55-61(64)67-58-59(57-66-60(63)54-51-48-45-42-39-36-24-21-18-15-12-9-6-3)68-62(65)56-53-50-47-44-41-38-35-32-30-28-26-23-20-17-14-11-8-5-2/h29,31,36,39,45,48,59H,4-28,30,32-35,37-38,40-44,46-47,49-58H2,1-3H3/b31-29+,39-36+,48-45+. The summed E-state index contributed by atoms with van der Waals surface area (Å²) < 4.78 is 16.8. The Kier molecular flexibility index (Phi) is 55.2. The van der Waals surface area contributed by atoms with Gasteiger partial charge in [-0.3, -0.25) is 14.4 Å². The third-order valence-electron chi connectivity index (χ3n) is 13.4. The molecule has 0 aliphatic rings. The molecule has 0 spiro atoms. The van der Waals surface area contributed by atoms with Crippen LogP contribution in [0.15, 0.2) is 36.5 Å². The number of rotatable bonds is 55. The van der Waals surface area contributed by atoms with E-state index in [-0.39, 0.29) is 37.5 Å². The molecule has 0 aromatic carbocycles. The highest BCUT2D eigenvalue weighted by atomic mass is 16.6. The van der Waals surface area contributed by atoms with Crippen LogP contribution in [0.2, 0.25) is 0 Å². The molecule has 0 heterocycles. The minimum absolute atomic E-state index is 0.0878. The molecule has 0 N–H and O–H groups in total. The van der Waals surface area contributed by atoms with Gasteiger partial charge in [0.15, 0.2) is 6.10 Å². The number of ether oxygens (including phenoxy) is 3. The van der Waals surface area contributed by atoms with Crippen molar-refractivity contribution in [1.82, 2.24) is 0 Å². The predicted molar refractivity (Wildman–Crippen MR) is 293 cm³/mol. The highest BCUT2D eigenvalue weighted by molar-refractivity contribution is 5.71. The molecular formula is C62H114O6. The van der Waals surface area contributed by atoms with E-state index in [1.165, 1.54) is 225 Å². The first-order valence-corrected chi connectivity index (χ1v) is 30.0. The summed E-state index contributed by atoms with van der Waals surface area (Å²) in [7, 11) is 0. The van der Waals surface area contributed by atoms with Gasteiger partial charge in [0.05, 0.1) is 0 Å². The number of hydrogen-bond donors (Lipinski definition) is 0. The summed E-state index contributed by atoms with van der Waals surface area (Å²) in [4.78, 5) is 38.1. The van der Waals surface area contributed by atoms with E-state index in [9.17, 15) is 14.4 Å². The Balaban J connectivity index is 4.36. The average molecular weight is 956 g/mol. The lowest BCUT2D eigenvalue weighted by atomic mass is 10.0. The largest absolute Gasteiger partial charge is 0.462 e. The van der Waals surface area contributed by atoms with Gasteiger partial charge in [-0.2, -0.15) is 0 Å². The van der Waals surface area contributed by atoms with Crippen molar-refractivity contribution in [2.45, 2.75) is 329 Å². The van der Waals surface area contributed by atoms with Crippen LogP contribution in [-0.2, 0) is 28.6 Å². The summed E-state index contributed by atoms with van der Waals surface area (Å²) in [6.45, 7) is 6.62. The molecule has 0 amide bonds. The highest BCUT2D eigenvalue weighted by Crippen LogP contribution is 2.17. The summed E-state index contributed by atoms with van der Waals surface area (Å²) >= 11 is 0. The number of unbranched alkanes of at least 4 members (excludes halogenated alkanes) is 38. The van der Waals surface area contributed by atoms with Crippen LogP contribution in [0.5, 0.6) is 0 Å². The van der Waals surface area contributed by atoms with Gasteiger partial charge in [-0.1, -0.05) is 276 Å². The van der Waals surface area contributed by atoms with E-state index in [4.69, 9.17) is 14.2 Å². The average Bonchev–Trinajstić information content (AvgIpc) is 3.34. The van der Waals surface area contributed by atoms with Crippen LogP contribution in [0, 0.1) is 0 Å². The molecule has 0 fully saturated rings. The first-order valence-electron chi connectivity index (χ1n) is 30.0. The molecule has 398 valence electrons. The maximum absolute atomic E-state index is 12.9. The number of carbonyl (C=O) groups excluding carboxylic acids is 3. The molecule has 0 bridgehead atoms. The fourth-order valence-corrected chi connectivity index (χ4v) is 8.85. The second-order valence-electron chi connectivity index (χ2n) is 20.3. The normalized spacial score (nSPS) is 12.2. The number of allylic oxidation sites excluding steroid dienone is 6. The molecular weight excluding hydrogens is 841 g/mol. The van der Waals surface area contributed by atoms with E-state index < -0.39 is 6.10 Å². The molecule has 1 unspecified atom stereocenters. The first-order chi connectivity index (χ1) is 33.5. The van der Waals surface area contributed by atoms with Crippen LogP contribution in [0.4, 0.5) is 0 Å². The Morgan fingerprint density at radius 2 is 0.559 bits per heavy atom. The third-order valence-corrected chi connectivity index (χ3v) is 13.4. The molecule has 0 aromatic rings. The number of hydrogen-bond acceptors (Lipinski definition) is 6. The van der Waals surface area contributed by atoms with Gasteiger partial charge < -0.3 is 14.2 Å². The van der Waals surface area contributed by atoms with Crippen molar-refractivity contribution in [2.75, 3.05) is 13.2 Å². The van der Waals surface area contributed by atoms with Crippen LogP contribution in [0.1, 0.15) is 323 Å². The first kappa shape index (κ1) is 65.6. The van der Waals surface area contributed by atoms with Crippen LogP contribution < -0.4 is 0 Å². The zero-order chi connectivity index (χ0) is 49.3. The maximum Gasteiger partial charge on any atom is 0.306 e. The van der Waals surface area contributed by atoms with E-state index in [1.807, 2.05) is 6.08 Å². The lowest BCUT2D eigenvalue weighted by molar-refractivity contribution is -0.166. The molecule has 1 atom stereocenters. The summed E-state index contributed by atoms with van der Waals surface area (Å²) in [6, 6.07) is 0. The Morgan fingerprint density at radius 3 is 0.912 bits per heavy atom. The van der Waals surface area contributed by atoms with Gasteiger partial charge in [-0.05, 0) is 64.2 Å². The molecule has 0 radical (unpaired) electrons. The monoisotopic (exact) mass is 955 g/mol. The third kappa shape index (κ3) is 54.6. The Labute approximate surface area is 423 Å². The number of carbonyl (C=O) groups is 3. The second-order valence-corrected chi connectivity index (χ2v) is 20.3. The van der Waals surface area contributed by atoms with E-state index in [0.29, 0.717) is 19.3 Å². The molecule has 0 saturated carbocycles. The van der Waals surface area contributed by atoms with Gasteiger partial charge in [0, 0.05) is 19.3 Å². The summed E-state index contributed by atoms with van der Waals surface area (Å²) in [5, 5.41) is 0. The second kappa shape index (κ2) is 57.2. The van der Waals surface area contributed by atoms with E-state index in [1.54, 1.807) is 0 Å². The van der Waals surface area contributed by atoms with Crippen molar-refractivity contribution < 1.29 is 28.6 Å². The van der Waals surface area contributed by atoms with Gasteiger partial charge in [-0.25, -0.2) is 0 Å². The van der Waals surface area contributed by atoms with Crippen molar-refractivity contribution in [2.24, 2.45) is 0 Å². The van der Waals surface area contributed by atoms with Crippen LogP contribution in [0.25, 0.3) is 0 Å². The van der Waals surface area contributed by atoms with Gasteiger partial charge in [0.25, 0.3) is 0 Å². The summed E-state index contributed by atoms with van der Waals surface area (Å²) in [5.74, 6) is -0.943. The fraction of sp³-hybridized carbons (Fsp3) is 0.855. The van der Waals surface area contributed by atoms with Crippen molar-refractivity contribution in [1.29, 1.82) is 0 Å². The molecule has 6 heteroatoms. The number of esters is 3. The summed E-state index contributed by atoms with van der Waals surface area (Å²) in [6.07, 6.45) is 68.7. The minimum atomic E-state index is -0.793. The fourth-order valence-electron chi connectivity index (χ4n) is 8.85. The lowest BCUT2D eigenvalue weighted by Crippen LogP contribution is -2.30. The summed E-state index contributed by atoms with van der Waals surface area (Å²) in [5.41, 5.74) is 0. The van der Waals surface area contributed by atoms with Gasteiger partial charge in [0.1, 0.15) is 13.2 Å². The topological polar surface area (TPSA) is 78.9 Å². The molecule has 6 nitrogen and oxygen atoms in total. The van der Waals surface area contributed by atoms with Crippen molar-refractivity contribution >= 4 is 17.9 Å². The van der Waals surface area contributed by atoms with Crippen molar-refractivity contribution in [3.8, 4) is 0 Å². The molecule has 0 aromatic heterocycles. The smallest absolute Gasteiger partial charge is 0.306 e. The van der Waals surface area contributed by atoms with E-state index in [2.05, 4.69) is 51.2 Å². The van der Waals surface area contributed by atoms with Crippen LogP contribution >= 0.6 is 0 Å². The van der Waals surface area contributed by atoms with Gasteiger partial charge in [0.2, 0.25) is 0 Å². The Morgan fingerprint density at radius 1 is 0.294 bits per heavy atom. The van der Waals surface area contributed by atoms with Crippen molar-refractivity contribution in [3.05, 3.63) is 36.5 Å². The zero-order valence-corrected chi connectivity index (χ0v) is 45.6. The predicted octanol–water partition coefficient (Wildman–Crippen LogP) is 20.0. The van der Waals surface area contributed by atoms with E-state index in [0.717, 1.165) is 51.4 Å². The molecule has 68 heavy (non-hydrogen) atoms. The molecule has 0 saturated heterocycles. The minimum Gasteiger partial charge on any atom is -0.462 e. The SMILES string of the molecule is CCCCCCCC/C=C/C/C=C/CCC(=O)OCC(COC(=O)CCCCCCCCC/C=C/CCCCCCCCCC)OC(=O)CCCCCCCCCCCCCCCCCCCC.